The van der Waals surface area contributed by atoms with Crippen LogP contribution in [0.3, 0.4) is 0 Å². The smallest absolute Gasteiger partial charge is 0.160 e. The summed E-state index contributed by atoms with van der Waals surface area (Å²) in [7, 11) is 0. The van der Waals surface area contributed by atoms with Crippen molar-refractivity contribution < 1.29 is 4.39 Å². The number of halogens is 2. The number of hydrogen-bond donors (Lipinski definition) is 1. The van der Waals surface area contributed by atoms with Gasteiger partial charge in [0.15, 0.2) is 5.82 Å². The molecule has 1 fully saturated rings. The van der Waals surface area contributed by atoms with Crippen LogP contribution in [0.2, 0.25) is 0 Å². The molecule has 0 amide bonds. The lowest BCUT2D eigenvalue weighted by Gasteiger charge is -2.21. The van der Waals surface area contributed by atoms with Gasteiger partial charge in [0.2, 0.25) is 0 Å². The second-order valence-electron chi connectivity index (χ2n) is 5.42. The molecule has 0 aromatic heterocycles. The van der Waals surface area contributed by atoms with Crippen LogP contribution in [0.5, 0.6) is 0 Å². The molecule has 1 aliphatic heterocycles. The molecule has 0 spiro atoms. The maximum absolute atomic E-state index is 14.5. The highest BCUT2D eigenvalue weighted by atomic mass is 79.9. The molecule has 2 aromatic rings. The largest absolute Gasteiger partial charge is 0.369 e. The number of rotatable bonds is 3. The minimum Gasteiger partial charge on any atom is -0.369 e. The second-order valence-corrected chi connectivity index (χ2v) is 6.21. The van der Waals surface area contributed by atoms with Crippen molar-refractivity contribution in [3.63, 3.8) is 0 Å². The maximum Gasteiger partial charge on any atom is 0.160 e. The lowest BCUT2D eigenvalue weighted by molar-refractivity contribution is 0.613. The zero-order chi connectivity index (χ0) is 14.8. The van der Waals surface area contributed by atoms with Gasteiger partial charge < -0.3 is 10.6 Å². The maximum atomic E-state index is 14.5. The van der Waals surface area contributed by atoms with E-state index in [2.05, 4.69) is 45.1 Å². The van der Waals surface area contributed by atoms with Crippen molar-refractivity contribution in [1.82, 2.24) is 0 Å². The van der Waals surface area contributed by atoms with Crippen LogP contribution in [0.15, 0.2) is 46.9 Å². The number of hydrogen-bond acceptors (Lipinski definition) is 2. The van der Waals surface area contributed by atoms with Gasteiger partial charge in [-0.05, 0) is 39.5 Å². The van der Waals surface area contributed by atoms with Crippen molar-refractivity contribution in [1.29, 1.82) is 0 Å². The lowest BCUT2D eigenvalue weighted by Crippen LogP contribution is -2.21. The molecule has 2 nitrogen and oxygen atoms in total. The highest BCUT2D eigenvalue weighted by Gasteiger charge is 2.26. The van der Waals surface area contributed by atoms with Gasteiger partial charge in [-0.15, -0.1) is 0 Å². The summed E-state index contributed by atoms with van der Waals surface area (Å²) in [5.41, 5.74) is 8.41. The average molecular weight is 349 g/mol. The van der Waals surface area contributed by atoms with Crippen LogP contribution in [0.4, 0.5) is 10.1 Å². The van der Waals surface area contributed by atoms with E-state index in [1.165, 1.54) is 5.56 Å². The minimum absolute atomic E-state index is 0.202. The summed E-state index contributed by atoms with van der Waals surface area (Å²) in [5.74, 6) is 0.269. The predicted octanol–water partition coefficient (Wildman–Crippen LogP) is 4.04. The quantitative estimate of drug-likeness (QED) is 0.906. The molecule has 1 saturated heterocycles. The van der Waals surface area contributed by atoms with Gasteiger partial charge in [-0.3, -0.25) is 0 Å². The third-order valence-electron chi connectivity index (χ3n) is 4.16. The summed E-state index contributed by atoms with van der Waals surface area (Å²) in [6, 6.07) is 14.2. The Morgan fingerprint density at radius 2 is 1.95 bits per heavy atom. The van der Waals surface area contributed by atoms with Crippen molar-refractivity contribution in [2.45, 2.75) is 18.9 Å². The van der Waals surface area contributed by atoms with Gasteiger partial charge >= 0.3 is 0 Å². The van der Waals surface area contributed by atoms with E-state index in [-0.39, 0.29) is 5.82 Å². The Kier molecular flexibility index (Phi) is 4.27. The molecule has 0 saturated carbocycles. The van der Waals surface area contributed by atoms with E-state index >= 15 is 0 Å². The van der Waals surface area contributed by atoms with Crippen LogP contribution >= 0.6 is 15.9 Å². The van der Waals surface area contributed by atoms with Crippen LogP contribution in [0, 0.1) is 5.82 Å². The molecule has 2 aromatic carbocycles. The molecular formula is C17H18BrFN2. The fraction of sp³-hybridized carbons (Fsp3) is 0.294. The first-order valence-electron chi connectivity index (χ1n) is 7.17. The summed E-state index contributed by atoms with van der Waals surface area (Å²) in [4.78, 5) is 2.12. The molecule has 110 valence electrons. The van der Waals surface area contributed by atoms with Crippen molar-refractivity contribution in [3.05, 3.63) is 63.9 Å². The topological polar surface area (TPSA) is 29.3 Å². The average Bonchev–Trinajstić information content (AvgIpc) is 3.00. The lowest BCUT2D eigenvalue weighted by atomic mass is 9.99. The van der Waals surface area contributed by atoms with E-state index in [0.29, 0.717) is 22.6 Å². The summed E-state index contributed by atoms with van der Waals surface area (Å²) in [6.07, 6.45) is 1.06. The highest BCUT2D eigenvalue weighted by molar-refractivity contribution is 9.10. The number of anilines is 1. The van der Waals surface area contributed by atoms with Gasteiger partial charge in [-0.2, -0.15) is 0 Å². The Balaban J connectivity index is 1.82. The predicted molar refractivity (Wildman–Crippen MR) is 88.0 cm³/mol. The van der Waals surface area contributed by atoms with Crippen molar-refractivity contribution in [2.75, 3.05) is 18.0 Å². The Morgan fingerprint density at radius 3 is 2.67 bits per heavy atom. The second kappa shape index (κ2) is 6.16. The highest BCUT2D eigenvalue weighted by Crippen LogP contribution is 2.35. The summed E-state index contributed by atoms with van der Waals surface area (Å²) in [5, 5.41) is 0. The van der Waals surface area contributed by atoms with Crippen LogP contribution in [0.1, 0.15) is 23.5 Å². The fourth-order valence-corrected chi connectivity index (χ4v) is 3.45. The Morgan fingerprint density at radius 1 is 1.19 bits per heavy atom. The molecule has 1 heterocycles. The van der Waals surface area contributed by atoms with Crippen LogP contribution in [0.25, 0.3) is 0 Å². The molecule has 21 heavy (non-hydrogen) atoms. The van der Waals surface area contributed by atoms with E-state index in [1.54, 1.807) is 0 Å². The molecular weight excluding hydrogens is 331 g/mol. The molecule has 0 bridgehead atoms. The molecule has 3 rings (SSSR count). The molecule has 1 unspecified atom stereocenters. The Bertz CT molecular complexity index is 630. The van der Waals surface area contributed by atoms with Gasteiger partial charge in [0, 0.05) is 25.6 Å². The third-order valence-corrected chi connectivity index (χ3v) is 5.02. The van der Waals surface area contributed by atoms with E-state index in [9.17, 15) is 4.39 Å². The van der Waals surface area contributed by atoms with Crippen LogP contribution in [-0.4, -0.2) is 13.1 Å². The number of benzene rings is 2. The normalized spacial score (nSPS) is 18.2. The molecule has 0 aliphatic carbocycles. The van der Waals surface area contributed by atoms with Crippen LogP contribution in [-0.2, 0) is 6.54 Å². The molecule has 4 heteroatoms. The van der Waals surface area contributed by atoms with Crippen molar-refractivity contribution in [2.24, 2.45) is 5.73 Å². The van der Waals surface area contributed by atoms with Crippen molar-refractivity contribution in [3.8, 4) is 0 Å². The first kappa shape index (κ1) is 14.5. The van der Waals surface area contributed by atoms with Gasteiger partial charge in [0.25, 0.3) is 0 Å². The van der Waals surface area contributed by atoms with Gasteiger partial charge in [0.05, 0.1) is 10.2 Å². The van der Waals surface area contributed by atoms with E-state index < -0.39 is 0 Å². The van der Waals surface area contributed by atoms with Crippen molar-refractivity contribution >= 4 is 21.6 Å². The summed E-state index contributed by atoms with van der Waals surface area (Å²) >= 11 is 3.32. The SMILES string of the molecule is NCc1ccc(N2CCC(c3ccccc3)C2)c(F)c1Br. The minimum atomic E-state index is -0.202. The number of nitrogens with two attached hydrogens (primary N) is 1. The van der Waals surface area contributed by atoms with Gasteiger partial charge in [-0.25, -0.2) is 4.39 Å². The summed E-state index contributed by atoms with van der Waals surface area (Å²) in [6.45, 7) is 2.07. The summed E-state index contributed by atoms with van der Waals surface area (Å²) < 4.78 is 15.0. The van der Waals surface area contributed by atoms with E-state index in [4.69, 9.17) is 5.73 Å². The molecule has 1 aliphatic rings. The molecule has 2 N–H and O–H groups in total. The van der Waals surface area contributed by atoms with E-state index in [1.807, 2.05) is 18.2 Å². The van der Waals surface area contributed by atoms with Gasteiger partial charge in [-0.1, -0.05) is 36.4 Å². The van der Waals surface area contributed by atoms with Gasteiger partial charge in [0.1, 0.15) is 0 Å². The standard InChI is InChI=1S/C17H18BrFN2/c18-16-13(10-20)6-7-15(17(16)19)21-9-8-14(11-21)12-4-2-1-3-5-12/h1-7,14H,8-11,20H2. The molecule has 1 atom stereocenters. The first-order chi connectivity index (χ1) is 10.2. The van der Waals surface area contributed by atoms with Crippen LogP contribution < -0.4 is 10.6 Å². The fourth-order valence-electron chi connectivity index (χ4n) is 2.96. The Labute approximate surface area is 132 Å². The zero-order valence-corrected chi connectivity index (χ0v) is 13.3. The first-order valence-corrected chi connectivity index (χ1v) is 7.97. The number of nitrogens with zero attached hydrogens (tertiary/aromatic N) is 1. The molecule has 0 radical (unpaired) electrons. The Hall–Kier alpha value is -1.39. The monoisotopic (exact) mass is 348 g/mol. The third kappa shape index (κ3) is 2.83. The van der Waals surface area contributed by atoms with E-state index in [0.717, 1.165) is 25.1 Å². The zero-order valence-electron chi connectivity index (χ0n) is 11.7.